The predicted octanol–water partition coefficient (Wildman–Crippen LogP) is 3.68. The highest BCUT2D eigenvalue weighted by Crippen LogP contribution is 2.34. The lowest BCUT2D eigenvalue weighted by Crippen LogP contribution is -2.27. The number of amides is 1. The summed E-state index contributed by atoms with van der Waals surface area (Å²) in [6.45, 7) is 7.36. The molecular formula is C25H24FN7O3. The molecule has 10 nitrogen and oxygen atoms in total. The Morgan fingerprint density at radius 3 is 2.61 bits per heavy atom. The van der Waals surface area contributed by atoms with Crippen molar-refractivity contribution >= 4 is 17.4 Å². The van der Waals surface area contributed by atoms with Gasteiger partial charge in [0.2, 0.25) is 11.6 Å². The van der Waals surface area contributed by atoms with Crippen LogP contribution in [-0.2, 0) is 9.53 Å². The second kappa shape index (κ2) is 8.91. The molecule has 1 atom stereocenters. The van der Waals surface area contributed by atoms with Crippen molar-refractivity contribution in [2.75, 3.05) is 4.90 Å². The molecule has 1 amide bonds. The van der Waals surface area contributed by atoms with Gasteiger partial charge in [0, 0.05) is 41.5 Å². The fraction of sp³-hybridized carbons (Fsp3) is 0.240. The van der Waals surface area contributed by atoms with E-state index in [1.807, 2.05) is 19.9 Å². The minimum absolute atomic E-state index is 0.0279. The molecule has 184 valence electrons. The van der Waals surface area contributed by atoms with Crippen molar-refractivity contribution in [3.63, 3.8) is 0 Å². The molecule has 0 spiro atoms. The van der Waals surface area contributed by atoms with Gasteiger partial charge in [0.05, 0.1) is 17.4 Å². The summed E-state index contributed by atoms with van der Waals surface area (Å²) < 4.78 is 27.5. The highest BCUT2D eigenvalue weighted by atomic mass is 19.1. The number of ether oxygens (including phenoxy) is 2. The second-order valence-corrected chi connectivity index (χ2v) is 8.60. The summed E-state index contributed by atoms with van der Waals surface area (Å²) in [5.41, 5.74) is 8.33. The normalized spacial score (nSPS) is 15.6. The van der Waals surface area contributed by atoms with Crippen molar-refractivity contribution in [1.82, 2.24) is 24.6 Å². The number of fused-ring (bicyclic) bond motifs is 1. The zero-order chi connectivity index (χ0) is 25.6. The Labute approximate surface area is 206 Å². The standard InChI is InChI=1S/C25H24FN7O3/c1-13(2)35-21-8-5-16(10-28-21)17-11-29-25-30-24(31-32(25)12-17)19-9-18(6-7-20(19)26)33-14(3)22(23(27)34)36-15(33)4/h5-13,15H,1-4H3,(H2,27,34). The number of nitrogens with two attached hydrogens (primary N) is 1. The Bertz CT molecular complexity index is 1500. The number of rotatable bonds is 6. The van der Waals surface area contributed by atoms with Gasteiger partial charge in [0.15, 0.2) is 12.1 Å². The highest BCUT2D eigenvalue weighted by Gasteiger charge is 2.32. The molecule has 3 aromatic heterocycles. The molecule has 0 saturated heterocycles. The molecule has 1 aromatic carbocycles. The number of primary amides is 1. The maximum Gasteiger partial charge on any atom is 0.285 e. The number of nitrogens with zero attached hydrogens (tertiary/aromatic N) is 6. The Balaban J connectivity index is 1.49. The number of aromatic nitrogens is 5. The number of benzene rings is 1. The number of halogens is 1. The quantitative estimate of drug-likeness (QED) is 0.435. The monoisotopic (exact) mass is 489 g/mol. The summed E-state index contributed by atoms with van der Waals surface area (Å²) in [5.74, 6) is -0.0607. The highest BCUT2D eigenvalue weighted by molar-refractivity contribution is 5.92. The molecule has 0 radical (unpaired) electrons. The predicted molar refractivity (Wildman–Crippen MR) is 130 cm³/mol. The van der Waals surface area contributed by atoms with E-state index in [2.05, 4.69) is 20.1 Å². The number of anilines is 1. The summed E-state index contributed by atoms with van der Waals surface area (Å²) in [6, 6.07) is 8.19. The lowest BCUT2D eigenvalue weighted by molar-refractivity contribution is -0.118. The van der Waals surface area contributed by atoms with Crippen LogP contribution < -0.4 is 15.4 Å². The molecule has 4 aromatic rings. The molecule has 36 heavy (non-hydrogen) atoms. The van der Waals surface area contributed by atoms with Crippen LogP contribution in [0, 0.1) is 5.82 Å². The smallest absolute Gasteiger partial charge is 0.285 e. The van der Waals surface area contributed by atoms with Crippen molar-refractivity contribution in [2.24, 2.45) is 5.73 Å². The first-order chi connectivity index (χ1) is 17.2. The molecular weight excluding hydrogens is 465 g/mol. The molecule has 1 aliphatic rings. The van der Waals surface area contributed by atoms with E-state index in [0.29, 0.717) is 23.0 Å². The van der Waals surface area contributed by atoms with Gasteiger partial charge in [-0.25, -0.2) is 18.9 Å². The Kier molecular flexibility index (Phi) is 5.75. The van der Waals surface area contributed by atoms with Gasteiger partial charge in [0.25, 0.3) is 11.7 Å². The molecule has 11 heteroatoms. The number of allylic oxidation sites excluding steroid dienone is 1. The molecule has 0 saturated carbocycles. The lowest BCUT2D eigenvalue weighted by Gasteiger charge is -2.24. The first-order valence-corrected chi connectivity index (χ1v) is 11.3. The van der Waals surface area contributed by atoms with Crippen LogP contribution in [0.1, 0.15) is 27.7 Å². The minimum Gasteiger partial charge on any atom is -0.475 e. The van der Waals surface area contributed by atoms with Crippen LogP contribution in [-0.4, -0.2) is 42.8 Å². The molecule has 4 heterocycles. The zero-order valence-electron chi connectivity index (χ0n) is 20.1. The number of hydrogen-bond donors (Lipinski definition) is 1. The SMILES string of the molecule is CC1=C(C(N)=O)OC(C)N1c1ccc(F)c(-c2nc3ncc(-c4ccc(OC(C)C)nc4)cn3n2)c1. The summed E-state index contributed by atoms with van der Waals surface area (Å²) >= 11 is 0. The average Bonchev–Trinajstić information content (AvgIpc) is 3.39. The molecule has 0 aliphatic carbocycles. The van der Waals surface area contributed by atoms with Crippen molar-refractivity contribution in [3.8, 4) is 28.4 Å². The Hall–Kier alpha value is -4.54. The van der Waals surface area contributed by atoms with Gasteiger partial charge in [-0.2, -0.15) is 4.98 Å². The third-order valence-electron chi connectivity index (χ3n) is 5.65. The first kappa shape index (κ1) is 23.2. The van der Waals surface area contributed by atoms with Crippen molar-refractivity contribution in [1.29, 1.82) is 0 Å². The first-order valence-electron chi connectivity index (χ1n) is 11.3. The van der Waals surface area contributed by atoms with Crippen molar-refractivity contribution in [2.45, 2.75) is 40.0 Å². The largest absolute Gasteiger partial charge is 0.475 e. The molecule has 0 bridgehead atoms. The van der Waals surface area contributed by atoms with E-state index in [1.165, 1.54) is 10.6 Å². The van der Waals surface area contributed by atoms with E-state index in [-0.39, 0.29) is 23.3 Å². The van der Waals surface area contributed by atoms with Crippen LogP contribution in [0.25, 0.3) is 28.3 Å². The van der Waals surface area contributed by atoms with Gasteiger partial charge < -0.3 is 20.1 Å². The number of hydrogen-bond acceptors (Lipinski definition) is 8. The van der Waals surface area contributed by atoms with E-state index < -0.39 is 18.0 Å². The van der Waals surface area contributed by atoms with Crippen LogP contribution in [0.4, 0.5) is 10.1 Å². The van der Waals surface area contributed by atoms with Crippen molar-refractivity contribution < 1.29 is 18.7 Å². The Morgan fingerprint density at radius 1 is 1.17 bits per heavy atom. The van der Waals surface area contributed by atoms with Crippen LogP contribution in [0.3, 0.4) is 0 Å². The van der Waals surface area contributed by atoms with Crippen LogP contribution >= 0.6 is 0 Å². The van der Waals surface area contributed by atoms with Crippen molar-refractivity contribution in [3.05, 3.63) is 66.2 Å². The fourth-order valence-electron chi connectivity index (χ4n) is 4.07. The summed E-state index contributed by atoms with van der Waals surface area (Å²) in [7, 11) is 0. The summed E-state index contributed by atoms with van der Waals surface area (Å²) in [4.78, 5) is 26.5. The number of pyridine rings is 1. The fourth-order valence-corrected chi connectivity index (χ4v) is 4.07. The molecule has 1 aliphatic heterocycles. The third kappa shape index (κ3) is 4.19. The van der Waals surface area contributed by atoms with Gasteiger partial charge in [0.1, 0.15) is 5.82 Å². The van der Waals surface area contributed by atoms with E-state index >= 15 is 0 Å². The maximum atomic E-state index is 14.9. The van der Waals surface area contributed by atoms with Gasteiger partial charge >= 0.3 is 0 Å². The van der Waals surface area contributed by atoms with E-state index in [4.69, 9.17) is 15.2 Å². The zero-order valence-corrected chi connectivity index (χ0v) is 20.1. The topological polar surface area (TPSA) is 121 Å². The van der Waals surface area contributed by atoms with Crippen LogP contribution in [0.15, 0.2) is 60.4 Å². The minimum atomic E-state index is -0.662. The summed E-state index contributed by atoms with van der Waals surface area (Å²) in [5, 5.41) is 4.46. The lowest BCUT2D eigenvalue weighted by atomic mass is 10.1. The Morgan fingerprint density at radius 2 is 1.94 bits per heavy atom. The van der Waals surface area contributed by atoms with Crippen LogP contribution in [0.2, 0.25) is 0 Å². The second-order valence-electron chi connectivity index (χ2n) is 8.60. The molecule has 2 N–H and O–H groups in total. The van der Waals surface area contributed by atoms with Gasteiger partial charge in [-0.1, -0.05) is 0 Å². The molecule has 1 unspecified atom stereocenters. The van der Waals surface area contributed by atoms with E-state index in [9.17, 15) is 9.18 Å². The average molecular weight is 490 g/mol. The van der Waals surface area contributed by atoms with E-state index in [1.54, 1.807) is 55.5 Å². The van der Waals surface area contributed by atoms with Crippen LogP contribution in [0.5, 0.6) is 5.88 Å². The third-order valence-corrected chi connectivity index (χ3v) is 5.65. The maximum absolute atomic E-state index is 14.9. The number of carbonyl (C=O) groups is 1. The van der Waals surface area contributed by atoms with Gasteiger partial charge in [-0.3, -0.25) is 4.79 Å². The van der Waals surface area contributed by atoms with Gasteiger partial charge in [-0.15, -0.1) is 5.10 Å². The van der Waals surface area contributed by atoms with Gasteiger partial charge in [-0.05, 0) is 52.0 Å². The summed E-state index contributed by atoms with van der Waals surface area (Å²) in [6.07, 6.45) is 4.64. The number of carbonyl (C=O) groups excluding carboxylic acids is 1. The van der Waals surface area contributed by atoms with E-state index in [0.717, 1.165) is 11.1 Å². The molecule has 5 rings (SSSR count). The molecule has 0 fully saturated rings.